The number of hydrogen-bond donors (Lipinski definition) is 0. The summed E-state index contributed by atoms with van der Waals surface area (Å²) in [6.07, 6.45) is 0. The van der Waals surface area contributed by atoms with Crippen LogP contribution in [0.3, 0.4) is 0 Å². The summed E-state index contributed by atoms with van der Waals surface area (Å²) in [7, 11) is 0. The van der Waals surface area contributed by atoms with Crippen molar-refractivity contribution in [1.82, 2.24) is 4.57 Å². The van der Waals surface area contributed by atoms with Crippen molar-refractivity contribution < 1.29 is 0 Å². The van der Waals surface area contributed by atoms with Gasteiger partial charge in [-0.2, -0.15) is 0 Å². The van der Waals surface area contributed by atoms with Gasteiger partial charge in [0, 0.05) is 21.8 Å². The monoisotopic (exact) mass is 747 g/mol. The topological polar surface area (TPSA) is 4.93 Å². The molecule has 0 amide bonds. The fraction of sp³-hybridized carbons (Fsp3) is 0. The maximum atomic E-state index is 2.47. The molecule has 0 aliphatic carbocycles. The second-order valence-corrected chi connectivity index (χ2v) is 15.6. The van der Waals surface area contributed by atoms with Gasteiger partial charge < -0.3 is 4.57 Å². The largest absolute Gasteiger partial charge is 0.309 e. The first-order chi connectivity index (χ1) is 29.3. The lowest BCUT2D eigenvalue weighted by molar-refractivity contribution is 1.19. The van der Waals surface area contributed by atoms with E-state index in [0.717, 1.165) is 5.69 Å². The molecule has 0 spiro atoms. The Morgan fingerprint density at radius 1 is 0.254 bits per heavy atom. The number of rotatable bonds is 5. The number of nitrogens with zero attached hydrogens (tertiary/aromatic N) is 1. The van der Waals surface area contributed by atoms with Crippen molar-refractivity contribution in [2.75, 3.05) is 0 Å². The van der Waals surface area contributed by atoms with Gasteiger partial charge in [0.2, 0.25) is 0 Å². The van der Waals surface area contributed by atoms with E-state index < -0.39 is 0 Å². The van der Waals surface area contributed by atoms with Crippen LogP contribution >= 0.6 is 0 Å². The van der Waals surface area contributed by atoms with Gasteiger partial charge in [0.25, 0.3) is 0 Å². The molecule has 0 saturated heterocycles. The van der Waals surface area contributed by atoms with E-state index in [1.807, 2.05) is 0 Å². The third kappa shape index (κ3) is 5.25. The molecule has 59 heavy (non-hydrogen) atoms. The van der Waals surface area contributed by atoms with E-state index in [9.17, 15) is 0 Å². The molecule has 12 rings (SSSR count). The van der Waals surface area contributed by atoms with Gasteiger partial charge in [-0.1, -0.05) is 200 Å². The van der Waals surface area contributed by atoms with Gasteiger partial charge in [0.1, 0.15) is 0 Å². The number of hydrogen-bond acceptors (Lipinski definition) is 0. The zero-order valence-corrected chi connectivity index (χ0v) is 32.3. The van der Waals surface area contributed by atoms with Crippen molar-refractivity contribution in [3.8, 4) is 50.2 Å². The van der Waals surface area contributed by atoms with Crippen LogP contribution in [0.5, 0.6) is 0 Å². The Morgan fingerprint density at radius 3 is 1.36 bits per heavy atom. The molecular weight excluding hydrogens is 711 g/mol. The van der Waals surface area contributed by atoms with Gasteiger partial charge in [0.05, 0.1) is 11.0 Å². The highest BCUT2D eigenvalue weighted by molar-refractivity contribution is 6.23. The van der Waals surface area contributed by atoms with E-state index in [1.165, 1.54) is 109 Å². The van der Waals surface area contributed by atoms with Crippen LogP contribution in [0.15, 0.2) is 224 Å². The van der Waals surface area contributed by atoms with Crippen LogP contribution in [0.25, 0.3) is 115 Å². The van der Waals surface area contributed by atoms with Gasteiger partial charge in [-0.25, -0.2) is 0 Å². The van der Waals surface area contributed by atoms with Crippen LogP contribution in [0.1, 0.15) is 0 Å². The Labute approximate surface area is 342 Å². The molecule has 11 aromatic carbocycles. The molecule has 12 aromatic rings. The van der Waals surface area contributed by atoms with Crippen LogP contribution in [0, 0.1) is 0 Å². The number of fused-ring (bicyclic) bond motifs is 8. The second-order valence-electron chi connectivity index (χ2n) is 15.6. The molecule has 0 unspecified atom stereocenters. The van der Waals surface area contributed by atoms with E-state index in [2.05, 4.69) is 229 Å². The third-order valence-corrected chi connectivity index (χ3v) is 12.4. The summed E-state index contributed by atoms with van der Waals surface area (Å²) in [6, 6.07) is 82.4. The van der Waals surface area contributed by atoms with Crippen molar-refractivity contribution in [2.45, 2.75) is 0 Å². The summed E-state index contributed by atoms with van der Waals surface area (Å²) in [5.74, 6) is 0. The summed E-state index contributed by atoms with van der Waals surface area (Å²) in [4.78, 5) is 0. The molecule has 0 saturated carbocycles. The molecule has 0 fully saturated rings. The smallest absolute Gasteiger partial charge is 0.0619 e. The second kappa shape index (κ2) is 13.4. The minimum absolute atomic E-state index is 1.15. The maximum Gasteiger partial charge on any atom is 0.0619 e. The Balaban J connectivity index is 1.03. The van der Waals surface area contributed by atoms with E-state index in [0.29, 0.717) is 0 Å². The van der Waals surface area contributed by atoms with Crippen LogP contribution in [-0.4, -0.2) is 4.57 Å². The summed E-state index contributed by atoms with van der Waals surface area (Å²) >= 11 is 0. The first kappa shape index (κ1) is 33.4. The quantitative estimate of drug-likeness (QED) is 0.155. The maximum absolute atomic E-state index is 2.47. The predicted octanol–water partition coefficient (Wildman–Crippen LogP) is 16.1. The predicted molar refractivity (Wildman–Crippen MR) is 253 cm³/mol. The highest BCUT2D eigenvalue weighted by Gasteiger charge is 2.20. The molecule has 0 bridgehead atoms. The molecule has 1 heteroatoms. The minimum Gasteiger partial charge on any atom is -0.309 e. The lowest BCUT2D eigenvalue weighted by atomic mass is 9.86. The van der Waals surface area contributed by atoms with Crippen molar-refractivity contribution in [3.63, 3.8) is 0 Å². The van der Waals surface area contributed by atoms with Crippen molar-refractivity contribution in [1.29, 1.82) is 0 Å². The van der Waals surface area contributed by atoms with Crippen molar-refractivity contribution in [3.05, 3.63) is 224 Å². The van der Waals surface area contributed by atoms with Crippen molar-refractivity contribution in [2.24, 2.45) is 0 Å². The first-order valence-electron chi connectivity index (χ1n) is 20.4. The zero-order valence-electron chi connectivity index (χ0n) is 32.3. The lowest BCUT2D eigenvalue weighted by Crippen LogP contribution is -1.96. The molecular formula is C58H37N. The van der Waals surface area contributed by atoms with E-state index >= 15 is 0 Å². The van der Waals surface area contributed by atoms with Crippen molar-refractivity contribution >= 4 is 64.9 Å². The molecule has 1 aromatic heterocycles. The average molecular weight is 748 g/mol. The molecule has 0 aliphatic heterocycles. The minimum atomic E-state index is 1.15. The number of aromatic nitrogens is 1. The van der Waals surface area contributed by atoms with Gasteiger partial charge >= 0.3 is 0 Å². The molecule has 274 valence electrons. The van der Waals surface area contributed by atoms with E-state index in [-0.39, 0.29) is 0 Å². The normalized spacial score (nSPS) is 11.7. The average Bonchev–Trinajstić information content (AvgIpc) is 3.65. The molecule has 0 aliphatic rings. The highest BCUT2D eigenvalue weighted by Crippen LogP contribution is 2.45. The summed E-state index contributed by atoms with van der Waals surface area (Å²) in [6.45, 7) is 0. The van der Waals surface area contributed by atoms with Crippen LogP contribution in [-0.2, 0) is 0 Å². The highest BCUT2D eigenvalue weighted by atomic mass is 15.0. The summed E-state index contributed by atoms with van der Waals surface area (Å²) in [5.41, 5.74) is 13.5. The number of benzene rings is 11. The summed E-state index contributed by atoms with van der Waals surface area (Å²) in [5, 5.41) is 12.6. The zero-order chi connectivity index (χ0) is 38.9. The fourth-order valence-corrected chi connectivity index (χ4v) is 9.77. The van der Waals surface area contributed by atoms with Gasteiger partial charge in [-0.3, -0.25) is 0 Å². The molecule has 0 radical (unpaired) electrons. The van der Waals surface area contributed by atoms with Crippen LogP contribution in [0.2, 0.25) is 0 Å². The Bertz CT molecular complexity index is 3510. The molecule has 0 atom stereocenters. The SMILES string of the molecule is c1ccc(-c2c3ccccc3c(-c3ccc(-n4c5ccccc5c5cc(-c6ccc(-c7cccc8ccccc78)cc6)c6ccccc6c54)cc3)c3ccccc23)cc1. The molecule has 1 nitrogen and oxygen atoms in total. The van der Waals surface area contributed by atoms with Crippen LogP contribution in [0.4, 0.5) is 0 Å². The van der Waals surface area contributed by atoms with Gasteiger partial charge in [0.15, 0.2) is 0 Å². The van der Waals surface area contributed by atoms with Gasteiger partial charge in [-0.05, 0) is 106 Å². The summed E-state index contributed by atoms with van der Waals surface area (Å²) < 4.78 is 2.47. The van der Waals surface area contributed by atoms with E-state index in [1.54, 1.807) is 0 Å². The first-order valence-corrected chi connectivity index (χ1v) is 20.4. The Hall–Kier alpha value is -7.74. The van der Waals surface area contributed by atoms with Crippen LogP contribution < -0.4 is 0 Å². The third-order valence-electron chi connectivity index (χ3n) is 12.4. The fourth-order valence-electron chi connectivity index (χ4n) is 9.77. The van der Waals surface area contributed by atoms with E-state index in [4.69, 9.17) is 0 Å². The molecule has 0 N–H and O–H groups in total. The standard InChI is InChI=1S/C58H37N/c1-2-16-41(17-3-1)56-48-22-7-9-24-50(48)57(51-25-10-8-23-49(51)56)42-33-35-43(36-34-42)59-55-28-13-12-21-47(55)54-37-53(46-20-6-11-26-52(46)58(54)59)40-31-29-39(30-32-40)45-27-14-18-38-15-4-5-19-44(38)45/h1-37H. The Morgan fingerprint density at radius 2 is 0.712 bits per heavy atom. The molecule has 1 heterocycles. The number of para-hydroxylation sites is 1. The Kier molecular flexibility index (Phi) is 7.61. The lowest BCUT2D eigenvalue weighted by Gasteiger charge is -2.18. The van der Waals surface area contributed by atoms with Gasteiger partial charge in [-0.15, -0.1) is 0 Å².